The third-order valence-corrected chi connectivity index (χ3v) is 0.508. The topological polar surface area (TPSA) is 83.5 Å². The van der Waals surface area contributed by atoms with Crippen LogP contribution in [0.25, 0.3) is 0 Å². The number of hydrogen-bond acceptors (Lipinski definition) is 3. The number of aliphatic hydroxyl groups is 1. The number of aliphatic hydroxyl groups excluding tert-OH is 1. The van der Waals surface area contributed by atoms with E-state index >= 15 is 0 Å². The minimum absolute atomic E-state index is 0. The molecule has 0 saturated carbocycles. The molecule has 1 atom stereocenters. The predicted octanol–water partition coefficient (Wildman–Crippen LogP) is -1.19. The van der Waals surface area contributed by atoms with Crippen LogP contribution in [0.4, 0.5) is 0 Å². The molecule has 0 aromatic heterocycles. The molecule has 0 aliphatic carbocycles. The zero-order chi connectivity index (χ0) is 5.86. The summed E-state index contributed by atoms with van der Waals surface area (Å²) in [5.74, 6) is -1.28. The molecule has 4 N–H and O–H groups in total. The number of rotatable bonds is 2. The number of nitrogens with two attached hydrogens (primary N) is 1. The molecule has 0 aromatic rings. The van der Waals surface area contributed by atoms with Crippen LogP contribution in [0.1, 0.15) is 0 Å². The number of halogens is 1. The van der Waals surface area contributed by atoms with Crippen molar-refractivity contribution < 1.29 is 52.7 Å². The van der Waals surface area contributed by atoms with Gasteiger partial charge in [0.25, 0.3) is 0 Å². The van der Waals surface area contributed by atoms with Crippen molar-refractivity contribution in [3.05, 3.63) is 0 Å². The van der Waals surface area contributed by atoms with Gasteiger partial charge in [0.05, 0.1) is 0 Å². The number of aliphatic carboxylic acids is 1. The van der Waals surface area contributed by atoms with Gasteiger partial charge >= 0.3 is 5.97 Å². The first-order valence-electron chi connectivity index (χ1n) is 1.79. The van der Waals surface area contributed by atoms with Crippen molar-refractivity contribution in [3.8, 4) is 0 Å². The van der Waals surface area contributed by atoms with Crippen LogP contribution in [0, 0.1) is 37.7 Å². The Morgan fingerprint density at radius 2 is 2.00 bits per heavy atom. The molecule has 4 nitrogen and oxygen atoms in total. The van der Waals surface area contributed by atoms with E-state index in [4.69, 9.17) is 15.9 Å². The quantitative estimate of drug-likeness (QED) is 0.500. The number of carboxylic acid groups (broad SMARTS) is 1. The molecule has 0 fully saturated rings. The number of carboxylic acids is 1. The Labute approximate surface area is 88.8 Å². The minimum atomic E-state index is -1.40. The van der Waals surface area contributed by atoms with Gasteiger partial charge in [-0.2, -0.15) is 0 Å². The monoisotopic (exact) mass is 181 g/mol. The molecule has 0 spiro atoms. The fourth-order valence-electron chi connectivity index (χ4n) is 0.101. The van der Waals surface area contributed by atoms with Gasteiger partial charge in [-0.25, -0.2) is 4.79 Å². The molecule has 6 heteroatoms. The van der Waals surface area contributed by atoms with Crippen molar-refractivity contribution in [3.63, 3.8) is 0 Å². The second-order valence-electron chi connectivity index (χ2n) is 1.09. The molecular weight excluding hydrogens is 173 g/mol. The third kappa shape index (κ3) is 8.94. The van der Waals surface area contributed by atoms with E-state index in [0.29, 0.717) is 0 Å². The molecule has 9 heavy (non-hydrogen) atoms. The van der Waals surface area contributed by atoms with Crippen molar-refractivity contribution in [2.75, 3.05) is 6.54 Å². The van der Waals surface area contributed by atoms with Crippen molar-refractivity contribution >= 4 is 18.4 Å². The van der Waals surface area contributed by atoms with Crippen LogP contribution in [0.15, 0.2) is 0 Å². The molecule has 0 aliphatic rings. The Bertz CT molecular complexity index is 81.5. The van der Waals surface area contributed by atoms with Crippen LogP contribution in [0.5, 0.6) is 0 Å². The first-order chi connectivity index (χ1) is 3.18. The zero-order valence-corrected chi connectivity index (χ0v) is 5.95. The summed E-state index contributed by atoms with van der Waals surface area (Å²) in [6.45, 7) is -0.227. The van der Waals surface area contributed by atoms with Crippen molar-refractivity contribution in [1.82, 2.24) is 0 Å². The van der Waals surface area contributed by atoms with E-state index in [-0.39, 0.29) is 56.7 Å². The summed E-state index contributed by atoms with van der Waals surface area (Å²) < 4.78 is 0. The molecule has 0 radical (unpaired) electrons. The average Bonchev–Trinajstić information content (AvgIpc) is 1.65. The van der Waals surface area contributed by atoms with Crippen LogP contribution in [0.2, 0.25) is 0 Å². The fraction of sp³-hybridized carbons (Fsp3) is 0.667. The summed E-state index contributed by atoms with van der Waals surface area (Å²) >= 11 is 0. The molecule has 0 unspecified atom stereocenters. The van der Waals surface area contributed by atoms with Gasteiger partial charge in [0.15, 0.2) is 6.10 Å². The summed E-state index contributed by atoms with van der Waals surface area (Å²) in [4.78, 5) is 9.60. The van der Waals surface area contributed by atoms with Gasteiger partial charge in [-0.3, -0.25) is 0 Å². The Kier molecular flexibility index (Phi) is 16.4. The predicted molar refractivity (Wildman–Crippen MR) is 29.9 cm³/mol. The zero-order valence-electron chi connectivity index (χ0n) is 4.43. The van der Waals surface area contributed by atoms with E-state index in [1.165, 1.54) is 0 Å². The molecule has 0 aliphatic heterocycles. The Morgan fingerprint density at radius 1 is 1.67 bits per heavy atom. The standard InChI is InChI=1S/C3H7NO3.Ar.ClH/c4-1-2(5)3(6)7;;/h2,5H,1,4H2,(H,6,7);;1H/t2-;;/m0../s1. The fourth-order valence-corrected chi connectivity index (χ4v) is 0.101. The summed E-state index contributed by atoms with van der Waals surface area (Å²) in [6, 6.07) is 0. The van der Waals surface area contributed by atoms with Crippen LogP contribution >= 0.6 is 12.4 Å². The second kappa shape index (κ2) is 8.94. The van der Waals surface area contributed by atoms with Gasteiger partial charge < -0.3 is 15.9 Å². The van der Waals surface area contributed by atoms with E-state index in [9.17, 15) is 4.79 Å². The van der Waals surface area contributed by atoms with Crippen LogP contribution in [-0.2, 0) is 4.79 Å². The summed E-state index contributed by atoms with van der Waals surface area (Å²) in [5, 5.41) is 16.1. The van der Waals surface area contributed by atoms with Crippen LogP contribution < -0.4 is 5.73 Å². The van der Waals surface area contributed by atoms with Gasteiger partial charge in [-0.05, 0) is 0 Å². The van der Waals surface area contributed by atoms with Crippen molar-refractivity contribution in [2.24, 2.45) is 5.73 Å². The Hall–Kier alpha value is 0.940. The second-order valence-corrected chi connectivity index (χ2v) is 1.09. The molecule has 0 aromatic carbocycles. The van der Waals surface area contributed by atoms with E-state index in [1.807, 2.05) is 0 Å². The average molecular weight is 182 g/mol. The minimum Gasteiger partial charge on any atom is -0.479 e. The van der Waals surface area contributed by atoms with Gasteiger partial charge in [0.1, 0.15) is 0 Å². The normalized spacial score (nSPS) is 10.4. The molecule has 58 valence electrons. The molecule has 0 rings (SSSR count). The van der Waals surface area contributed by atoms with Crippen molar-refractivity contribution in [1.29, 1.82) is 0 Å². The first kappa shape index (κ1) is 16.5. The maximum atomic E-state index is 9.60. The van der Waals surface area contributed by atoms with E-state index in [0.717, 1.165) is 0 Å². The Balaban J connectivity index is -0.000000180. The van der Waals surface area contributed by atoms with Crippen LogP contribution in [-0.4, -0.2) is 28.8 Å². The van der Waals surface area contributed by atoms with E-state index < -0.39 is 12.1 Å². The summed E-state index contributed by atoms with van der Waals surface area (Å²) in [5.41, 5.74) is 4.74. The largest absolute Gasteiger partial charge is 0.479 e. The number of carbonyl (C=O) groups is 1. The van der Waals surface area contributed by atoms with Gasteiger partial charge in [0, 0.05) is 44.3 Å². The molecule has 0 heterocycles. The smallest absolute Gasteiger partial charge is 0.333 e. The molecule has 0 amide bonds. The van der Waals surface area contributed by atoms with Crippen LogP contribution in [0.3, 0.4) is 0 Å². The maximum absolute atomic E-state index is 9.60. The molecule has 0 bridgehead atoms. The summed E-state index contributed by atoms with van der Waals surface area (Å²) in [7, 11) is 0. The molecular formula is C3H8ArClNO3. The van der Waals surface area contributed by atoms with Crippen molar-refractivity contribution in [2.45, 2.75) is 6.10 Å². The van der Waals surface area contributed by atoms with Gasteiger partial charge in [-0.15, -0.1) is 12.4 Å². The van der Waals surface area contributed by atoms with Gasteiger partial charge in [0.2, 0.25) is 0 Å². The van der Waals surface area contributed by atoms with Gasteiger partial charge in [-0.1, -0.05) is 0 Å². The maximum Gasteiger partial charge on any atom is 0.333 e. The SMILES string of the molecule is Cl.NC[C@H](O)C(=O)O.[Ar]. The number of hydrogen-bond donors (Lipinski definition) is 3. The molecule has 0 saturated heterocycles. The summed E-state index contributed by atoms with van der Waals surface area (Å²) in [6.07, 6.45) is -1.40. The first-order valence-corrected chi connectivity index (χ1v) is 1.79. The third-order valence-electron chi connectivity index (χ3n) is 0.508. The van der Waals surface area contributed by atoms with E-state index in [1.54, 1.807) is 0 Å². The Morgan fingerprint density at radius 3 is 2.00 bits per heavy atom. The van der Waals surface area contributed by atoms with E-state index in [2.05, 4.69) is 0 Å².